The first kappa shape index (κ1) is 10.9. The minimum absolute atomic E-state index is 0.166. The van der Waals surface area contributed by atoms with E-state index >= 15 is 0 Å². The minimum atomic E-state index is -0.919. The summed E-state index contributed by atoms with van der Waals surface area (Å²) in [6.07, 6.45) is 0. The Morgan fingerprint density at radius 1 is 1.58 bits per heavy atom. The second kappa shape index (κ2) is 5.54. The number of aliphatic hydroxyl groups excluding tert-OH is 1. The zero-order chi connectivity index (χ0) is 9.56. The van der Waals surface area contributed by atoms with Crippen molar-refractivity contribution in [1.82, 2.24) is 5.32 Å². The van der Waals surface area contributed by atoms with Gasteiger partial charge in [0.1, 0.15) is 0 Å². The lowest BCUT2D eigenvalue weighted by molar-refractivity contribution is -0.154. The molecule has 0 unspecified atom stereocenters. The Balaban J connectivity index is 3.79. The molecule has 0 saturated carbocycles. The zero-order valence-electron chi connectivity index (χ0n) is 7.16. The molecule has 5 nitrogen and oxygen atoms in total. The lowest BCUT2D eigenvalue weighted by atomic mass is 10.3. The molecule has 0 aromatic heterocycles. The van der Waals surface area contributed by atoms with Gasteiger partial charge in [-0.05, 0) is 13.8 Å². The van der Waals surface area contributed by atoms with Gasteiger partial charge < -0.3 is 15.2 Å². The van der Waals surface area contributed by atoms with Gasteiger partial charge in [0, 0.05) is 6.04 Å². The van der Waals surface area contributed by atoms with E-state index < -0.39 is 17.9 Å². The highest BCUT2D eigenvalue weighted by molar-refractivity contribution is 6.32. The van der Waals surface area contributed by atoms with E-state index in [4.69, 9.17) is 5.11 Å². The molecule has 12 heavy (non-hydrogen) atoms. The Labute approximate surface area is 70.7 Å². The molecular weight excluding hydrogens is 162 g/mol. The van der Waals surface area contributed by atoms with Gasteiger partial charge in [0.2, 0.25) is 0 Å². The smallest absolute Gasteiger partial charge is 0.396 e. The highest BCUT2D eigenvalue weighted by atomic mass is 16.5. The number of nitrogens with one attached hydrogen (secondary N) is 1. The Hall–Kier alpha value is -1.10. The van der Waals surface area contributed by atoms with Gasteiger partial charge >= 0.3 is 11.9 Å². The number of carbonyl (C=O) groups is 2. The van der Waals surface area contributed by atoms with Crippen LogP contribution < -0.4 is 5.32 Å². The second-order valence-electron chi connectivity index (χ2n) is 2.28. The van der Waals surface area contributed by atoms with Crippen molar-refractivity contribution in [1.29, 1.82) is 0 Å². The Kier molecular flexibility index (Phi) is 5.03. The number of aliphatic hydroxyl groups is 1. The monoisotopic (exact) mass is 175 g/mol. The van der Waals surface area contributed by atoms with Crippen LogP contribution in [-0.2, 0) is 14.3 Å². The normalized spacial score (nSPS) is 11.9. The molecule has 0 aromatic carbocycles. The molecule has 0 radical (unpaired) electrons. The number of carbonyl (C=O) groups excluding carboxylic acids is 2. The predicted octanol–water partition coefficient (Wildman–Crippen LogP) is -0.953. The van der Waals surface area contributed by atoms with E-state index in [1.807, 2.05) is 0 Å². The van der Waals surface area contributed by atoms with Crippen molar-refractivity contribution in [3.8, 4) is 0 Å². The van der Waals surface area contributed by atoms with Gasteiger partial charge in [0.05, 0.1) is 13.2 Å². The highest BCUT2D eigenvalue weighted by Crippen LogP contribution is 1.82. The molecule has 1 amide bonds. The molecule has 1 atom stereocenters. The summed E-state index contributed by atoms with van der Waals surface area (Å²) in [6, 6.07) is -0.429. The van der Waals surface area contributed by atoms with Crippen LogP contribution in [0.5, 0.6) is 0 Å². The molecule has 0 aliphatic carbocycles. The molecule has 0 saturated heterocycles. The van der Waals surface area contributed by atoms with Crippen LogP contribution in [0.25, 0.3) is 0 Å². The van der Waals surface area contributed by atoms with Crippen LogP contribution in [-0.4, -0.2) is 36.2 Å². The summed E-state index contributed by atoms with van der Waals surface area (Å²) in [5, 5.41) is 10.8. The number of esters is 1. The maximum Gasteiger partial charge on any atom is 0.396 e. The molecule has 0 aliphatic heterocycles. The van der Waals surface area contributed by atoms with Crippen molar-refractivity contribution >= 4 is 11.9 Å². The molecular formula is C7H13NO4. The van der Waals surface area contributed by atoms with E-state index in [0.29, 0.717) is 0 Å². The molecule has 0 spiro atoms. The molecule has 0 bridgehead atoms. The van der Waals surface area contributed by atoms with Crippen molar-refractivity contribution in [2.24, 2.45) is 0 Å². The highest BCUT2D eigenvalue weighted by Gasteiger charge is 2.15. The number of rotatable bonds is 3. The zero-order valence-corrected chi connectivity index (χ0v) is 7.16. The maximum absolute atomic E-state index is 10.8. The average Bonchev–Trinajstić information content (AvgIpc) is 2.04. The summed E-state index contributed by atoms with van der Waals surface area (Å²) in [6.45, 7) is 3.16. The SMILES string of the molecule is CCOC(=O)C(=O)N[C@@H](C)CO. The number of hydrogen-bond donors (Lipinski definition) is 2. The quantitative estimate of drug-likeness (QED) is 0.428. The van der Waals surface area contributed by atoms with Crippen molar-refractivity contribution in [2.75, 3.05) is 13.2 Å². The predicted molar refractivity (Wildman–Crippen MR) is 41.3 cm³/mol. The largest absolute Gasteiger partial charge is 0.459 e. The summed E-state index contributed by atoms with van der Waals surface area (Å²) in [5.74, 6) is -1.74. The standard InChI is InChI=1S/C7H13NO4/c1-3-12-7(11)6(10)8-5(2)4-9/h5,9H,3-4H2,1-2H3,(H,8,10)/t5-/m0/s1. The van der Waals surface area contributed by atoms with E-state index in [1.54, 1.807) is 13.8 Å². The van der Waals surface area contributed by atoms with E-state index in [9.17, 15) is 9.59 Å². The molecule has 0 aliphatic rings. The van der Waals surface area contributed by atoms with Crippen molar-refractivity contribution < 1.29 is 19.4 Å². The lowest BCUT2D eigenvalue weighted by Gasteiger charge is -2.08. The first-order chi connectivity index (χ1) is 5.61. The summed E-state index contributed by atoms with van der Waals surface area (Å²) in [7, 11) is 0. The fourth-order valence-electron chi connectivity index (χ4n) is 0.525. The van der Waals surface area contributed by atoms with Gasteiger partial charge in [-0.1, -0.05) is 0 Å². The van der Waals surface area contributed by atoms with Crippen LogP contribution in [0.1, 0.15) is 13.8 Å². The third-order valence-electron chi connectivity index (χ3n) is 1.11. The van der Waals surface area contributed by atoms with Gasteiger partial charge in [-0.25, -0.2) is 4.79 Å². The summed E-state index contributed by atoms with van der Waals surface area (Å²) >= 11 is 0. The van der Waals surface area contributed by atoms with Crippen LogP contribution in [0.4, 0.5) is 0 Å². The van der Waals surface area contributed by atoms with Crippen LogP contribution in [0.15, 0.2) is 0 Å². The molecule has 0 aromatic rings. The topological polar surface area (TPSA) is 75.6 Å². The van der Waals surface area contributed by atoms with Crippen LogP contribution in [0.2, 0.25) is 0 Å². The molecule has 2 N–H and O–H groups in total. The van der Waals surface area contributed by atoms with Gasteiger partial charge in [-0.3, -0.25) is 4.79 Å². The van der Waals surface area contributed by atoms with Crippen molar-refractivity contribution in [3.63, 3.8) is 0 Å². The van der Waals surface area contributed by atoms with Crippen LogP contribution in [0.3, 0.4) is 0 Å². The maximum atomic E-state index is 10.8. The molecule has 0 heterocycles. The van der Waals surface area contributed by atoms with Crippen molar-refractivity contribution in [3.05, 3.63) is 0 Å². The third kappa shape index (κ3) is 3.92. The van der Waals surface area contributed by atoms with Gasteiger partial charge in [-0.2, -0.15) is 0 Å². The fraction of sp³-hybridized carbons (Fsp3) is 0.714. The molecule has 5 heteroatoms. The second-order valence-corrected chi connectivity index (χ2v) is 2.28. The molecule has 0 rings (SSSR count). The molecule has 70 valence electrons. The Morgan fingerprint density at radius 2 is 2.17 bits per heavy atom. The Morgan fingerprint density at radius 3 is 2.58 bits per heavy atom. The first-order valence-electron chi connectivity index (χ1n) is 3.70. The van der Waals surface area contributed by atoms with Gasteiger partial charge in [0.15, 0.2) is 0 Å². The third-order valence-corrected chi connectivity index (χ3v) is 1.11. The number of amides is 1. The van der Waals surface area contributed by atoms with E-state index in [0.717, 1.165) is 0 Å². The minimum Gasteiger partial charge on any atom is -0.459 e. The summed E-state index contributed by atoms with van der Waals surface area (Å²) in [4.78, 5) is 21.5. The van der Waals surface area contributed by atoms with Crippen LogP contribution in [0, 0.1) is 0 Å². The molecule has 0 fully saturated rings. The van der Waals surface area contributed by atoms with Crippen molar-refractivity contribution in [2.45, 2.75) is 19.9 Å². The number of ether oxygens (including phenoxy) is 1. The van der Waals surface area contributed by atoms with Crippen LogP contribution >= 0.6 is 0 Å². The van der Waals surface area contributed by atoms with Gasteiger partial charge in [-0.15, -0.1) is 0 Å². The van der Waals surface area contributed by atoms with Gasteiger partial charge in [0.25, 0.3) is 0 Å². The first-order valence-corrected chi connectivity index (χ1v) is 3.70. The van der Waals surface area contributed by atoms with E-state index in [1.165, 1.54) is 0 Å². The van der Waals surface area contributed by atoms with E-state index in [2.05, 4.69) is 10.1 Å². The lowest BCUT2D eigenvalue weighted by Crippen LogP contribution is -2.40. The summed E-state index contributed by atoms with van der Waals surface area (Å²) in [5.41, 5.74) is 0. The average molecular weight is 175 g/mol. The van der Waals surface area contributed by atoms with E-state index in [-0.39, 0.29) is 13.2 Å². The Bertz CT molecular complexity index is 169. The fourth-order valence-corrected chi connectivity index (χ4v) is 0.525. The summed E-state index contributed by atoms with van der Waals surface area (Å²) < 4.78 is 4.42. The number of hydrogen-bond acceptors (Lipinski definition) is 4.